The number of benzene rings is 1. The van der Waals surface area contributed by atoms with Crippen LogP contribution < -0.4 is 5.73 Å². The number of halogens is 1. The fourth-order valence-electron chi connectivity index (χ4n) is 2.13. The van der Waals surface area contributed by atoms with Crippen LogP contribution in [0.25, 0.3) is 0 Å². The van der Waals surface area contributed by atoms with Crippen molar-refractivity contribution >= 4 is 23.4 Å². The molecule has 0 radical (unpaired) electrons. The van der Waals surface area contributed by atoms with E-state index in [9.17, 15) is 0 Å². The van der Waals surface area contributed by atoms with E-state index in [1.54, 1.807) is 0 Å². The molecular formula is C13H14ClN3OS. The van der Waals surface area contributed by atoms with Gasteiger partial charge < -0.3 is 10.3 Å². The first-order valence-corrected chi connectivity index (χ1v) is 7.66. The van der Waals surface area contributed by atoms with Crippen molar-refractivity contribution in [1.82, 2.24) is 10.1 Å². The number of nitrogens with two attached hydrogens (primary N) is 1. The van der Waals surface area contributed by atoms with Crippen LogP contribution >= 0.6 is 23.4 Å². The molecule has 3 rings (SSSR count). The van der Waals surface area contributed by atoms with Crippen molar-refractivity contribution < 1.29 is 4.52 Å². The fraction of sp³-hybridized carbons (Fsp3) is 0.385. The molecule has 1 fully saturated rings. The lowest BCUT2D eigenvalue weighted by Crippen LogP contribution is -2.26. The lowest BCUT2D eigenvalue weighted by Gasteiger charge is -2.07. The van der Waals surface area contributed by atoms with Gasteiger partial charge >= 0.3 is 0 Å². The van der Waals surface area contributed by atoms with Crippen LogP contribution in [0.2, 0.25) is 5.02 Å². The largest absolute Gasteiger partial charge is 0.339 e. The van der Waals surface area contributed by atoms with Crippen LogP contribution in [0.4, 0.5) is 0 Å². The zero-order valence-corrected chi connectivity index (χ0v) is 11.8. The van der Waals surface area contributed by atoms with Crippen LogP contribution in [0.5, 0.6) is 0 Å². The SMILES string of the molecule is NC1CSCC1c1nc(Cc2ccccc2Cl)no1. The summed E-state index contributed by atoms with van der Waals surface area (Å²) in [6, 6.07) is 7.80. The molecule has 0 amide bonds. The third-order valence-corrected chi connectivity index (χ3v) is 4.82. The van der Waals surface area contributed by atoms with E-state index in [2.05, 4.69) is 10.1 Å². The summed E-state index contributed by atoms with van der Waals surface area (Å²) < 4.78 is 5.33. The average molecular weight is 296 g/mol. The van der Waals surface area contributed by atoms with Gasteiger partial charge in [-0.25, -0.2) is 0 Å². The van der Waals surface area contributed by atoms with Crippen molar-refractivity contribution in [3.8, 4) is 0 Å². The minimum atomic E-state index is 0.110. The molecule has 100 valence electrons. The molecule has 2 unspecified atom stereocenters. The first-order chi connectivity index (χ1) is 9.24. The molecule has 1 aliphatic heterocycles. The smallest absolute Gasteiger partial charge is 0.232 e. The van der Waals surface area contributed by atoms with Gasteiger partial charge in [-0.2, -0.15) is 16.7 Å². The molecule has 2 atom stereocenters. The van der Waals surface area contributed by atoms with Crippen LogP contribution in [0.1, 0.15) is 23.2 Å². The summed E-state index contributed by atoms with van der Waals surface area (Å²) in [7, 11) is 0. The third kappa shape index (κ3) is 2.78. The minimum Gasteiger partial charge on any atom is -0.339 e. The Morgan fingerprint density at radius 3 is 2.95 bits per heavy atom. The second-order valence-electron chi connectivity index (χ2n) is 4.62. The highest BCUT2D eigenvalue weighted by atomic mass is 35.5. The molecule has 2 aromatic rings. The molecule has 2 heterocycles. The fourth-order valence-corrected chi connectivity index (χ4v) is 3.61. The van der Waals surface area contributed by atoms with E-state index in [4.69, 9.17) is 21.9 Å². The summed E-state index contributed by atoms with van der Waals surface area (Å²) in [6.45, 7) is 0. The Morgan fingerprint density at radius 2 is 2.21 bits per heavy atom. The quantitative estimate of drug-likeness (QED) is 0.942. The number of thioether (sulfide) groups is 1. The Balaban J connectivity index is 1.77. The van der Waals surface area contributed by atoms with Gasteiger partial charge in [0.05, 0.1) is 5.92 Å². The zero-order valence-electron chi connectivity index (χ0n) is 10.3. The molecule has 0 saturated carbocycles. The number of nitrogens with zero attached hydrogens (tertiary/aromatic N) is 2. The summed E-state index contributed by atoms with van der Waals surface area (Å²) in [5, 5.41) is 4.75. The van der Waals surface area contributed by atoms with Gasteiger partial charge in [0.1, 0.15) is 0 Å². The van der Waals surface area contributed by atoms with Crippen LogP contribution in [0.15, 0.2) is 28.8 Å². The van der Waals surface area contributed by atoms with Gasteiger partial charge in [-0.05, 0) is 11.6 Å². The Bertz CT molecular complexity index is 575. The van der Waals surface area contributed by atoms with E-state index in [0.29, 0.717) is 18.1 Å². The van der Waals surface area contributed by atoms with Gasteiger partial charge in [0.15, 0.2) is 5.82 Å². The molecular weight excluding hydrogens is 282 g/mol. The van der Waals surface area contributed by atoms with E-state index < -0.39 is 0 Å². The van der Waals surface area contributed by atoms with Crippen molar-refractivity contribution in [2.75, 3.05) is 11.5 Å². The molecule has 0 spiro atoms. The third-order valence-electron chi connectivity index (χ3n) is 3.23. The van der Waals surface area contributed by atoms with Crippen molar-refractivity contribution in [2.24, 2.45) is 5.73 Å². The Hall–Kier alpha value is -1.04. The highest BCUT2D eigenvalue weighted by molar-refractivity contribution is 7.99. The molecule has 0 aliphatic carbocycles. The molecule has 0 bridgehead atoms. The van der Waals surface area contributed by atoms with E-state index >= 15 is 0 Å². The van der Waals surface area contributed by atoms with E-state index in [-0.39, 0.29) is 12.0 Å². The van der Waals surface area contributed by atoms with Crippen LogP contribution in [0.3, 0.4) is 0 Å². The molecule has 4 nitrogen and oxygen atoms in total. The number of hydrogen-bond donors (Lipinski definition) is 1. The van der Waals surface area contributed by atoms with E-state index in [0.717, 1.165) is 22.1 Å². The van der Waals surface area contributed by atoms with Crippen LogP contribution in [0, 0.1) is 0 Å². The predicted octanol–water partition coefficient (Wildman–Crippen LogP) is 2.47. The second-order valence-corrected chi connectivity index (χ2v) is 6.11. The van der Waals surface area contributed by atoms with Crippen molar-refractivity contribution in [3.63, 3.8) is 0 Å². The van der Waals surface area contributed by atoms with Gasteiger partial charge in [-0.3, -0.25) is 0 Å². The molecule has 1 aromatic carbocycles. The van der Waals surface area contributed by atoms with Gasteiger partial charge in [0, 0.05) is 29.0 Å². The molecule has 1 aliphatic rings. The van der Waals surface area contributed by atoms with E-state index in [1.165, 1.54) is 0 Å². The predicted molar refractivity (Wildman–Crippen MR) is 76.6 cm³/mol. The maximum absolute atomic E-state index is 6.12. The number of hydrogen-bond acceptors (Lipinski definition) is 5. The van der Waals surface area contributed by atoms with Crippen molar-refractivity contribution in [2.45, 2.75) is 18.4 Å². The monoisotopic (exact) mass is 295 g/mol. The van der Waals surface area contributed by atoms with Gasteiger partial charge in [-0.1, -0.05) is 35.0 Å². The molecule has 2 N–H and O–H groups in total. The maximum atomic E-state index is 6.12. The number of aromatic nitrogens is 2. The zero-order chi connectivity index (χ0) is 13.2. The summed E-state index contributed by atoms with van der Waals surface area (Å²) in [5.41, 5.74) is 7.03. The minimum absolute atomic E-state index is 0.110. The molecule has 6 heteroatoms. The highest BCUT2D eigenvalue weighted by Gasteiger charge is 2.30. The molecule has 1 aromatic heterocycles. The Morgan fingerprint density at radius 1 is 1.37 bits per heavy atom. The Labute approximate surface area is 120 Å². The highest BCUT2D eigenvalue weighted by Crippen LogP contribution is 2.30. The molecule has 19 heavy (non-hydrogen) atoms. The first-order valence-electron chi connectivity index (χ1n) is 6.13. The van der Waals surface area contributed by atoms with Gasteiger partial charge in [0.25, 0.3) is 0 Å². The topological polar surface area (TPSA) is 64.9 Å². The van der Waals surface area contributed by atoms with Gasteiger partial charge in [0.2, 0.25) is 5.89 Å². The number of rotatable bonds is 3. The van der Waals surface area contributed by atoms with Gasteiger partial charge in [-0.15, -0.1) is 0 Å². The van der Waals surface area contributed by atoms with Crippen LogP contribution in [-0.2, 0) is 6.42 Å². The lowest BCUT2D eigenvalue weighted by atomic mass is 10.1. The second kappa shape index (κ2) is 5.53. The summed E-state index contributed by atoms with van der Waals surface area (Å²) in [5.74, 6) is 3.39. The standard InChI is InChI=1S/C13H14ClN3OS/c14-10-4-2-1-3-8(10)5-12-16-13(18-17-12)9-6-19-7-11(9)15/h1-4,9,11H,5-7,15H2. The normalized spacial score (nSPS) is 22.8. The van der Waals surface area contributed by atoms with Crippen molar-refractivity contribution in [3.05, 3.63) is 46.6 Å². The van der Waals surface area contributed by atoms with Crippen molar-refractivity contribution in [1.29, 1.82) is 0 Å². The van der Waals surface area contributed by atoms with Crippen LogP contribution in [-0.4, -0.2) is 27.7 Å². The summed E-state index contributed by atoms with van der Waals surface area (Å²) in [4.78, 5) is 4.45. The lowest BCUT2D eigenvalue weighted by molar-refractivity contribution is 0.349. The first kappa shape index (κ1) is 13.0. The van der Waals surface area contributed by atoms with E-state index in [1.807, 2.05) is 36.0 Å². The summed E-state index contributed by atoms with van der Waals surface area (Å²) >= 11 is 7.95. The maximum Gasteiger partial charge on any atom is 0.232 e. The molecule has 1 saturated heterocycles. The average Bonchev–Trinajstić information content (AvgIpc) is 3.01. The Kier molecular flexibility index (Phi) is 3.77. The summed E-state index contributed by atoms with van der Waals surface area (Å²) in [6.07, 6.45) is 0.582.